The monoisotopic (exact) mass is 416 g/mol. The molecule has 0 aliphatic carbocycles. The highest BCUT2D eigenvalue weighted by Gasteiger charge is 2.49. The minimum absolute atomic E-state index is 0.310. The van der Waals surface area contributed by atoms with Crippen molar-refractivity contribution in [2.24, 2.45) is 4.99 Å². The molecule has 2 saturated heterocycles. The SMILES string of the molecule is COCCN1C(N2CCN(c3ccc(OC)cc3)CC2)=NC2C1C(=O)NC(=O)N2C. The van der Waals surface area contributed by atoms with Gasteiger partial charge in [-0.1, -0.05) is 0 Å². The fraction of sp³-hybridized carbons (Fsp3) is 0.550. The number of methoxy groups -OCH3 is 2. The summed E-state index contributed by atoms with van der Waals surface area (Å²) in [5.41, 5.74) is 1.15. The third-order valence-electron chi connectivity index (χ3n) is 5.88. The van der Waals surface area contributed by atoms with E-state index in [1.54, 1.807) is 21.3 Å². The first-order valence-corrected chi connectivity index (χ1v) is 10.1. The van der Waals surface area contributed by atoms with Gasteiger partial charge in [0.25, 0.3) is 5.91 Å². The number of anilines is 1. The minimum atomic E-state index is -0.530. The molecule has 1 aromatic rings. The lowest BCUT2D eigenvalue weighted by molar-refractivity contribution is -0.127. The third kappa shape index (κ3) is 3.62. The molecule has 0 aromatic heterocycles. The van der Waals surface area contributed by atoms with Crippen molar-refractivity contribution in [3.8, 4) is 5.75 Å². The maximum atomic E-state index is 12.6. The number of amides is 3. The van der Waals surface area contributed by atoms with Gasteiger partial charge in [0.2, 0.25) is 0 Å². The number of urea groups is 1. The summed E-state index contributed by atoms with van der Waals surface area (Å²) in [5, 5.41) is 2.42. The Kier molecular flexibility index (Phi) is 5.67. The van der Waals surface area contributed by atoms with Crippen LogP contribution in [0.5, 0.6) is 5.75 Å². The fourth-order valence-corrected chi connectivity index (χ4v) is 4.16. The highest BCUT2D eigenvalue weighted by atomic mass is 16.5. The standard InChI is InChI=1S/C20H28N6O4/c1-23-17-16(18(27)22-20(23)28)26(12-13-29-2)19(21-17)25-10-8-24(9-11-25)14-4-6-15(30-3)7-5-14/h4-7,16-17H,8-13H2,1-3H3,(H,22,27,28). The van der Waals surface area contributed by atoms with Gasteiger partial charge in [-0.3, -0.25) is 10.1 Å². The molecule has 3 aliphatic rings. The first-order chi connectivity index (χ1) is 14.5. The van der Waals surface area contributed by atoms with Crippen LogP contribution in [-0.2, 0) is 9.53 Å². The fourth-order valence-electron chi connectivity index (χ4n) is 4.16. The molecule has 10 nitrogen and oxygen atoms in total. The summed E-state index contributed by atoms with van der Waals surface area (Å²) in [5.74, 6) is 1.29. The number of ether oxygens (including phenoxy) is 2. The van der Waals surface area contributed by atoms with E-state index in [1.165, 1.54) is 4.90 Å². The molecule has 3 aliphatic heterocycles. The van der Waals surface area contributed by atoms with Crippen LogP contribution in [0.3, 0.4) is 0 Å². The number of aliphatic imine (C=N–C) groups is 1. The molecule has 1 aromatic carbocycles. The van der Waals surface area contributed by atoms with Crippen LogP contribution in [-0.4, -0.2) is 105 Å². The van der Waals surface area contributed by atoms with E-state index in [2.05, 4.69) is 27.2 Å². The molecule has 2 fully saturated rings. The van der Waals surface area contributed by atoms with Gasteiger partial charge >= 0.3 is 6.03 Å². The van der Waals surface area contributed by atoms with Gasteiger partial charge in [-0.15, -0.1) is 0 Å². The highest BCUT2D eigenvalue weighted by molar-refractivity contribution is 6.03. The van der Waals surface area contributed by atoms with Gasteiger partial charge in [0.05, 0.1) is 13.7 Å². The maximum Gasteiger partial charge on any atom is 0.325 e. The lowest BCUT2D eigenvalue weighted by Gasteiger charge is -2.41. The Hall–Kier alpha value is -3.01. The summed E-state index contributed by atoms with van der Waals surface area (Å²) >= 11 is 0. The number of likely N-dealkylation sites (N-methyl/N-ethyl adjacent to an activating group) is 1. The van der Waals surface area contributed by atoms with E-state index in [4.69, 9.17) is 14.5 Å². The summed E-state index contributed by atoms with van der Waals surface area (Å²) in [6.07, 6.45) is -0.516. The van der Waals surface area contributed by atoms with Crippen molar-refractivity contribution >= 4 is 23.6 Å². The van der Waals surface area contributed by atoms with Gasteiger partial charge in [0, 0.05) is 52.6 Å². The number of hydrogen-bond donors (Lipinski definition) is 1. The second-order valence-corrected chi connectivity index (χ2v) is 7.55. The van der Waals surface area contributed by atoms with Crippen LogP contribution in [0.25, 0.3) is 0 Å². The second kappa shape index (κ2) is 8.39. The predicted molar refractivity (Wildman–Crippen MR) is 112 cm³/mol. The summed E-state index contributed by atoms with van der Waals surface area (Å²) in [7, 11) is 4.96. The van der Waals surface area contributed by atoms with E-state index in [-0.39, 0.29) is 5.91 Å². The van der Waals surface area contributed by atoms with Crippen LogP contribution in [0, 0.1) is 0 Å². The number of imide groups is 1. The Morgan fingerprint density at radius 3 is 2.37 bits per heavy atom. The van der Waals surface area contributed by atoms with E-state index >= 15 is 0 Å². The van der Waals surface area contributed by atoms with Crippen LogP contribution < -0.4 is 15.0 Å². The predicted octanol–water partition coefficient (Wildman–Crippen LogP) is 0.0115. The molecule has 3 heterocycles. The van der Waals surface area contributed by atoms with Gasteiger partial charge in [-0.25, -0.2) is 9.79 Å². The van der Waals surface area contributed by atoms with Crippen molar-refractivity contribution in [1.29, 1.82) is 0 Å². The summed E-state index contributed by atoms with van der Waals surface area (Å²) in [6.45, 7) is 4.21. The Labute approximate surface area is 176 Å². The van der Waals surface area contributed by atoms with Crippen molar-refractivity contribution in [2.45, 2.75) is 12.2 Å². The second-order valence-electron chi connectivity index (χ2n) is 7.55. The average Bonchev–Trinajstić information content (AvgIpc) is 3.16. The Bertz CT molecular complexity index is 821. The number of carbonyl (C=O) groups is 2. The Morgan fingerprint density at radius 2 is 1.73 bits per heavy atom. The number of benzene rings is 1. The first kappa shape index (κ1) is 20.3. The topological polar surface area (TPSA) is 90.0 Å². The quantitative estimate of drug-likeness (QED) is 0.723. The van der Waals surface area contributed by atoms with Crippen molar-refractivity contribution in [2.75, 3.05) is 65.5 Å². The zero-order valence-corrected chi connectivity index (χ0v) is 17.6. The highest BCUT2D eigenvalue weighted by Crippen LogP contribution is 2.27. The van der Waals surface area contributed by atoms with Gasteiger partial charge < -0.3 is 29.1 Å². The van der Waals surface area contributed by atoms with Gasteiger partial charge in [0.15, 0.2) is 18.2 Å². The number of nitrogens with zero attached hydrogens (tertiary/aromatic N) is 5. The van der Waals surface area contributed by atoms with Gasteiger partial charge in [-0.2, -0.15) is 0 Å². The molecule has 162 valence electrons. The van der Waals surface area contributed by atoms with E-state index < -0.39 is 18.2 Å². The van der Waals surface area contributed by atoms with Crippen molar-refractivity contribution in [1.82, 2.24) is 20.0 Å². The smallest absolute Gasteiger partial charge is 0.325 e. The number of fused-ring (bicyclic) bond motifs is 1. The molecule has 0 radical (unpaired) electrons. The van der Waals surface area contributed by atoms with Crippen molar-refractivity contribution < 1.29 is 19.1 Å². The molecule has 30 heavy (non-hydrogen) atoms. The van der Waals surface area contributed by atoms with E-state index in [0.29, 0.717) is 13.2 Å². The zero-order valence-electron chi connectivity index (χ0n) is 17.6. The van der Waals surface area contributed by atoms with Crippen LogP contribution in [0.1, 0.15) is 0 Å². The lowest BCUT2D eigenvalue weighted by Crippen LogP contribution is -2.65. The number of piperazine rings is 1. The van der Waals surface area contributed by atoms with E-state index in [1.807, 2.05) is 17.0 Å². The molecule has 10 heteroatoms. The van der Waals surface area contributed by atoms with Crippen LogP contribution in [0.2, 0.25) is 0 Å². The molecule has 0 bridgehead atoms. The maximum absolute atomic E-state index is 12.6. The van der Waals surface area contributed by atoms with Crippen LogP contribution >= 0.6 is 0 Å². The summed E-state index contributed by atoms with van der Waals surface area (Å²) in [6, 6.07) is 7.11. The molecule has 1 N–H and O–H groups in total. The molecular formula is C20H28N6O4. The zero-order chi connectivity index (χ0) is 21.3. The number of rotatable bonds is 5. The van der Waals surface area contributed by atoms with E-state index in [9.17, 15) is 9.59 Å². The summed E-state index contributed by atoms with van der Waals surface area (Å²) < 4.78 is 10.5. The van der Waals surface area contributed by atoms with Gasteiger partial charge in [0.1, 0.15) is 5.75 Å². The normalized spacial score (nSPS) is 24.0. The number of carbonyl (C=O) groups excluding carboxylic acids is 2. The van der Waals surface area contributed by atoms with E-state index in [0.717, 1.165) is 43.6 Å². The largest absolute Gasteiger partial charge is 0.497 e. The molecule has 0 spiro atoms. The minimum Gasteiger partial charge on any atom is -0.497 e. The van der Waals surface area contributed by atoms with Gasteiger partial charge in [-0.05, 0) is 24.3 Å². The Morgan fingerprint density at radius 1 is 1.07 bits per heavy atom. The van der Waals surface area contributed by atoms with Crippen LogP contribution in [0.4, 0.5) is 10.5 Å². The summed E-state index contributed by atoms with van der Waals surface area (Å²) in [4.78, 5) is 37.4. The molecule has 2 unspecified atom stereocenters. The molecule has 2 atom stereocenters. The number of guanidine groups is 1. The molecule has 3 amide bonds. The van der Waals surface area contributed by atoms with Crippen molar-refractivity contribution in [3.05, 3.63) is 24.3 Å². The van der Waals surface area contributed by atoms with Crippen LogP contribution in [0.15, 0.2) is 29.3 Å². The number of hydrogen-bond acceptors (Lipinski definition) is 8. The molecular weight excluding hydrogens is 388 g/mol. The Balaban J connectivity index is 1.49. The first-order valence-electron chi connectivity index (χ1n) is 10.1. The molecule has 0 saturated carbocycles. The average molecular weight is 416 g/mol. The molecule has 4 rings (SSSR count). The van der Waals surface area contributed by atoms with Crippen molar-refractivity contribution in [3.63, 3.8) is 0 Å². The third-order valence-corrected chi connectivity index (χ3v) is 5.88. The lowest BCUT2D eigenvalue weighted by atomic mass is 10.1. The number of nitrogens with one attached hydrogen (secondary N) is 1.